The van der Waals surface area contributed by atoms with Crippen LogP contribution in [0, 0.1) is 17.6 Å². The molecule has 4 atom stereocenters. The number of rotatable bonds is 7. The molecule has 210 valence electrons. The molecule has 1 aliphatic heterocycles. The number of hydrogen-bond donors (Lipinski definition) is 1. The summed E-state index contributed by atoms with van der Waals surface area (Å²) in [5.74, 6) is -0.182. The van der Waals surface area contributed by atoms with Gasteiger partial charge in [0.25, 0.3) is 0 Å². The normalized spacial score (nSPS) is 24.2. The van der Waals surface area contributed by atoms with Crippen LogP contribution in [0.3, 0.4) is 0 Å². The molecule has 1 saturated heterocycles. The first-order valence-corrected chi connectivity index (χ1v) is 13.5. The zero-order valence-corrected chi connectivity index (χ0v) is 22.8. The Balaban J connectivity index is 1.32. The first-order chi connectivity index (χ1) is 19.3. The lowest BCUT2D eigenvalue weighted by molar-refractivity contribution is -0.202. The van der Waals surface area contributed by atoms with E-state index >= 15 is 8.78 Å². The summed E-state index contributed by atoms with van der Waals surface area (Å²) in [7, 11) is 3.23. The van der Waals surface area contributed by atoms with Crippen molar-refractivity contribution in [3.63, 3.8) is 0 Å². The molecule has 1 aromatic carbocycles. The Morgan fingerprint density at radius 1 is 1.10 bits per heavy atom. The molecule has 0 radical (unpaired) electrons. The molecule has 2 aliphatic rings. The third kappa shape index (κ3) is 4.58. The van der Waals surface area contributed by atoms with Crippen LogP contribution in [0.5, 0.6) is 0 Å². The lowest BCUT2D eigenvalue weighted by atomic mass is 9.74. The number of pyridine rings is 1. The molecule has 4 aromatic rings. The number of hydrogen-bond acceptors (Lipinski definition) is 7. The van der Waals surface area contributed by atoms with E-state index in [2.05, 4.69) is 22.0 Å². The summed E-state index contributed by atoms with van der Waals surface area (Å²) in [6, 6.07) is 7.97. The molecule has 6 rings (SSSR count). The minimum atomic E-state index is -0.832. The van der Waals surface area contributed by atoms with Crippen LogP contribution < -0.4 is 5.73 Å². The SMILES string of the molecule is CO[C@H]1[C@H](N)C[C@H](c2ccncc2Cc2ncc3ccc(-c4c(F)cc(C5(OC)COC5)cc4F)nn23)C[C@@H]1C. The summed E-state index contributed by atoms with van der Waals surface area (Å²) in [5, 5.41) is 4.62. The third-order valence-corrected chi connectivity index (χ3v) is 8.54. The Hall–Kier alpha value is -3.31. The molecular formula is C30H33F2N5O3. The van der Waals surface area contributed by atoms with Crippen molar-refractivity contribution in [3.05, 3.63) is 83.1 Å². The van der Waals surface area contributed by atoms with Gasteiger partial charge in [-0.1, -0.05) is 6.92 Å². The number of nitrogens with zero attached hydrogens (tertiary/aromatic N) is 4. The Kier molecular flexibility index (Phi) is 7.12. The molecule has 1 saturated carbocycles. The van der Waals surface area contributed by atoms with E-state index in [1.807, 2.05) is 12.3 Å². The fourth-order valence-corrected chi connectivity index (χ4v) is 6.34. The summed E-state index contributed by atoms with van der Waals surface area (Å²) in [6.07, 6.45) is 7.63. The van der Waals surface area contributed by atoms with Crippen molar-refractivity contribution in [2.75, 3.05) is 27.4 Å². The van der Waals surface area contributed by atoms with Crippen LogP contribution in [-0.2, 0) is 26.2 Å². The predicted molar refractivity (Wildman–Crippen MR) is 145 cm³/mol. The van der Waals surface area contributed by atoms with Gasteiger partial charge in [0, 0.05) is 39.1 Å². The van der Waals surface area contributed by atoms with Crippen LogP contribution in [-0.4, -0.2) is 59.2 Å². The molecule has 2 N–H and O–H groups in total. The summed E-state index contributed by atoms with van der Waals surface area (Å²) in [4.78, 5) is 8.97. The van der Waals surface area contributed by atoms with Crippen molar-refractivity contribution in [1.29, 1.82) is 0 Å². The van der Waals surface area contributed by atoms with Gasteiger partial charge in [-0.25, -0.2) is 18.3 Å². The highest BCUT2D eigenvalue weighted by Gasteiger charge is 2.42. The minimum Gasteiger partial charge on any atom is -0.380 e. The number of aromatic nitrogens is 4. The average Bonchev–Trinajstić information content (AvgIpc) is 3.30. The van der Waals surface area contributed by atoms with E-state index in [9.17, 15) is 0 Å². The van der Waals surface area contributed by atoms with Crippen LogP contribution in [0.1, 0.15) is 48.2 Å². The van der Waals surface area contributed by atoms with Crippen LogP contribution in [0.2, 0.25) is 0 Å². The largest absolute Gasteiger partial charge is 0.380 e. The Labute approximate surface area is 231 Å². The van der Waals surface area contributed by atoms with Crippen LogP contribution in [0.4, 0.5) is 8.78 Å². The smallest absolute Gasteiger partial charge is 0.139 e. The van der Waals surface area contributed by atoms with E-state index in [0.29, 0.717) is 23.7 Å². The molecule has 0 spiro atoms. The van der Waals surface area contributed by atoms with Crippen molar-refractivity contribution in [1.82, 2.24) is 19.6 Å². The van der Waals surface area contributed by atoms with Gasteiger partial charge in [-0.05, 0) is 71.7 Å². The van der Waals surface area contributed by atoms with Gasteiger partial charge < -0.3 is 19.9 Å². The molecule has 0 unspecified atom stereocenters. The van der Waals surface area contributed by atoms with Crippen molar-refractivity contribution in [3.8, 4) is 11.3 Å². The van der Waals surface area contributed by atoms with Crippen LogP contribution in [0.15, 0.2) is 48.9 Å². The lowest BCUT2D eigenvalue weighted by Crippen LogP contribution is -2.48. The van der Waals surface area contributed by atoms with E-state index in [4.69, 9.17) is 19.9 Å². The Morgan fingerprint density at radius 3 is 2.52 bits per heavy atom. The zero-order valence-electron chi connectivity index (χ0n) is 22.8. The van der Waals surface area contributed by atoms with Gasteiger partial charge in [0.1, 0.15) is 23.1 Å². The quantitative estimate of drug-likeness (QED) is 0.365. The second-order valence-electron chi connectivity index (χ2n) is 11.0. The molecule has 0 bridgehead atoms. The van der Waals surface area contributed by atoms with Gasteiger partial charge >= 0.3 is 0 Å². The van der Waals surface area contributed by atoms with E-state index in [1.165, 1.54) is 24.8 Å². The van der Waals surface area contributed by atoms with Gasteiger partial charge in [-0.2, -0.15) is 5.10 Å². The van der Waals surface area contributed by atoms with Crippen molar-refractivity contribution < 1.29 is 23.0 Å². The summed E-state index contributed by atoms with van der Waals surface area (Å²) in [5.41, 5.74) is 8.95. The minimum absolute atomic E-state index is 0.0392. The van der Waals surface area contributed by atoms with Gasteiger partial charge in [0.15, 0.2) is 0 Å². The van der Waals surface area contributed by atoms with E-state index in [1.54, 1.807) is 36.2 Å². The predicted octanol–water partition coefficient (Wildman–Crippen LogP) is 4.39. The molecule has 10 heteroatoms. The highest BCUT2D eigenvalue weighted by molar-refractivity contribution is 5.63. The molecule has 8 nitrogen and oxygen atoms in total. The second-order valence-corrected chi connectivity index (χ2v) is 11.0. The first kappa shape index (κ1) is 26.9. The highest BCUT2D eigenvalue weighted by atomic mass is 19.1. The number of benzene rings is 1. The maximum atomic E-state index is 15.3. The fourth-order valence-electron chi connectivity index (χ4n) is 6.34. The van der Waals surface area contributed by atoms with Crippen molar-refractivity contribution in [2.24, 2.45) is 11.7 Å². The lowest BCUT2D eigenvalue weighted by Gasteiger charge is -2.40. The zero-order chi connectivity index (χ0) is 28.0. The second kappa shape index (κ2) is 10.6. The molecular weight excluding hydrogens is 516 g/mol. The van der Waals surface area contributed by atoms with Crippen molar-refractivity contribution in [2.45, 2.75) is 49.9 Å². The summed E-state index contributed by atoms with van der Waals surface area (Å²) < 4.78 is 48.7. The number of nitrogens with two attached hydrogens (primary N) is 1. The first-order valence-electron chi connectivity index (χ1n) is 13.5. The fraction of sp³-hybridized carbons (Fsp3) is 0.433. The number of methoxy groups -OCH3 is 2. The van der Waals surface area contributed by atoms with Gasteiger partial charge in [-0.3, -0.25) is 4.98 Å². The molecule has 2 fully saturated rings. The van der Waals surface area contributed by atoms with Crippen molar-refractivity contribution >= 4 is 5.52 Å². The molecule has 4 heterocycles. The van der Waals surface area contributed by atoms with Gasteiger partial charge in [0.05, 0.1) is 42.3 Å². The average molecular weight is 550 g/mol. The van der Waals surface area contributed by atoms with E-state index < -0.39 is 17.2 Å². The maximum absolute atomic E-state index is 15.3. The number of halogens is 2. The summed E-state index contributed by atoms with van der Waals surface area (Å²) in [6.45, 7) is 2.67. The van der Waals surface area contributed by atoms with Gasteiger partial charge in [-0.15, -0.1) is 0 Å². The van der Waals surface area contributed by atoms with E-state index in [0.717, 1.165) is 23.9 Å². The number of fused-ring (bicyclic) bond motifs is 1. The van der Waals surface area contributed by atoms with Crippen LogP contribution in [0.25, 0.3) is 16.8 Å². The monoisotopic (exact) mass is 549 g/mol. The highest BCUT2D eigenvalue weighted by Crippen LogP contribution is 2.39. The molecule has 0 amide bonds. The Morgan fingerprint density at radius 2 is 1.88 bits per heavy atom. The Bertz CT molecular complexity index is 1500. The molecule has 3 aromatic heterocycles. The standard InChI is InChI=1S/C30H33F2N5O3/c1-17-8-18(9-25(33)29(17)38-2)22-6-7-34-13-19(22)10-27-35-14-21-4-5-26(36-37(21)27)28-23(31)11-20(12-24(28)32)30(39-3)15-40-16-30/h4-7,11-14,17-18,25,29H,8-10,15-16,33H2,1-3H3/t17-,18+,25+,29+/m0/s1. The maximum Gasteiger partial charge on any atom is 0.139 e. The van der Waals surface area contributed by atoms with Gasteiger partial charge in [0.2, 0.25) is 0 Å². The third-order valence-electron chi connectivity index (χ3n) is 8.54. The van der Waals surface area contributed by atoms with E-state index in [-0.39, 0.29) is 42.5 Å². The molecule has 40 heavy (non-hydrogen) atoms. The number of imidazole rings is 1. The topological polar surface area (TPSA) is 96.8 Å². The molecule has 1 aliphatic carbocycles. The number of ether oxygens (including phenoxy) is 3. The van der Waals surface area contributed by atoms with Crippen LogP contribution >= 0.6 is 0 Å². The summed E-state index contributed by atoms with van der Waals surface area (Å²) >= 11 is 0.